The van der Waals surface area contributed by atoms with Crippen LogP contribution in [0.4, 0.5) is 0 Å². The molecular weight excluding hydrogens is 328 g/mol. The summed E-state index contributed by atoms with van der Waals surface area (Å²) >= 11 is 1.83. The molecule has 2 saturated heterocycles. The molecular formula is C21H24N2OS. The minimum atomic E-state index is 0.207. The third-order valence-electron chi connectivity index (χ3n) is 5.24. The zero-order chi connectivity index (χ0) is 17.1. The fourth-order valence-corrected chi connectivity index (χ4v) is 4.77. The van der Waals surface area contributed by atoms with Gasteiger partial charge in [-0.15, -0.1) is 11.8 Å². The van der Waals surface area contributed by atoms with E-state index in [0.717, 1.165) is 43.7 Å². The van der Waals surface area contributed by atoms with Crippen LogP contribution in [-0.4, -0.2) is 36.0 Å². The Bertz CT molecular complexity index is 702. The van der Waals surface area contributed by atoms with Crippen molar-refractivity contribution in [3.8, 4) is 0 Å². The number of amides is 1. The lowest BCUT2D eigenvalue weighted by Gasteiger charge is -2.28. The first-order valence-corrected chi connectivity index (χ1v) is 10.1. The van der Waals surface area contributed by atoms with Crippen LogP contribution in [0, 0.1) is 0 Å². The maximum absolute atomic E-state index is 13.0. The van der Waals surface area contributed by atoms with Crippen LogP contribution in [0.1, 0.15) is 35.2 Å². The fraction of sp³-hybridized carbons (Fsp3) is 0.381. The van der Waals surface area contributed by atoms with Crippen LogP contribution in [0.3, 0.4) is 0 Å². The SMILES string of the molecule is O=C(c1ccc(CSc2ccccc2)cc1)N1C2CCNCC1CC2. The Balaban J connectivity index is 1.42. The maximum Gasteiger partial charge on any atom is 0.254 e. The van der Waals surface area contributed by atoms with Crippen molar-refractivity contribution in [3.63, 3.8) is 0 Å². The van der Waals surface area contributed by atoms with Gasteiger partial charge in [0.2, 0.25) is 0 Å². The first-order valence-electron chi connectivity index (χ1n) is 9.11. The Morgan fingerprint density at radius 2 is 1.76 bits per heavy atom. The van der Waals surface area contributed by atoms with E-state index in [2.05, 4.69) is 46.6 Å². The Morgan fingerprint density at radius 1 is 1.00 bits per heavy atom. The van der Waals surface area contributed by atoms with Crippen molar-refractivity contribution in [1.29, 1.82) is 0 Å². The van der Waals surface area contributed by atoms with E-state index >= 15 is 0 Å². The Kier molecular flexibility index (Phi) is 5.09. The van der Waals surface area contributed by atoms with E-state index in [0.29, 0.717) is 12.1 Å². The lowest BCUT2D eigenvalue weighted by molar-refractivity contribution is 0.0680. The van der Waals surface area contributed by atoms with Crippen LogP contribution in [0.2, 0.25) is 0 Å². The minimum Gasteiger partial charge on any atom is -0.331 e. The van der Waals surface area contributed by atoms with Gasteiger partial charge in [0.25, 0.3) is 5.91 Å². The molecule has 25 heavy (non-hydrogen) atoms. The van der Waals surface area contributed by atoms with Crippen LogP contribution in [0.15, 0.2) is 59.5 Å². The van der Waals surface area contributed by atoms with Crippen LogP contribution in [-0.2, 0) is 5.75 Å². The number of benzene rings is 2. The second-order valence-corrected chi connectivity index (χ2v) is 7.94. The van der Waals surface area contributed by atoms with Gasteiger partial charge in [-0.05, 0) is 55.6 Å². The minimum absolute atomic E-state index is 0.207. The molecule has 2 aromatic carbocycles. The van der Waals surface area contributed by atoms with Crippen molar-refractivity contribution in [2.45, 2.75) is 42.0 Å². The predicted molar refractivity (Wildman–Crippen MR) is 103 cm³/mol. The summed E-state index contributed by atoms with van der Waals surface area (Å²) in [6.07, 6.45) is 3.37. The molecule has 2 aromatic rings. The number of hydrogen-bond donors (Lipinski definition) is 1. The molecule has 0 spiro atoms. The summed E-state index contributed by atoms with van der Waals surface area (Å²) in [7, 11) is 0. The fourth-order valence-electron chi connectivity index (χ4n) is 3.89. The molecule has 2 heterocycles. The second kappa shape index (κ2) is 7.63. The summed E-state index contributed by atoms with van der Waals surface area (Å²) < 4.78 is 0. The number of hydrogen-bond acceptors (Lipinski definition) is 3. The van der Waals surface area contributed by atoms with E-state index in [1.807, 2.05) is 30.0 Å². The number of fused-ring (bicyclic) bond motifs is 2. The molecule has 0 radical (unpaired) electrons. The quantitative estimate of drug-likeness (QED) is 0.846. The van der Waals surface area contributed by atoms with Gasteiger partial charge < -0.3 is 10.2 Å². The molecule has 2 aliphatic rings. The van der Waals surface area contributed by atoms with Crippen molar-refractivity contribution in [1.82, 2.24) is 10.2 Å². The average molecular weight is 353 g/mol. The van der Waals surface area contributed by atoms with Gasteiger partial charge in [-0.2, -0.15) is 0 Å². The van der Waals surface area contributed by atoms with Gasteiger partial charge in [0.05, 0.1) is 0 Å². The number of carbonyl (C=O) groups is 1. The number of nitrogens with zero attached hydrogens (tertiary/aromatic N) is 1. The highest BCUT2D eigenvalue weighted by Gasteiger charge is 2.38. The van der Waals surface area contributed by atoms with Crippen LogP contribution < -0.4 is 5.32 Å². The average Bonchev–Trinajstić information content (AvgIpc) is 2.93. The standard InChI is InChI=1S/C21H24N2OS/c24-21(23-18-10-11-19(23)14-22-13-12-18)17-8-6-16(7-9-17)15-25-20-4-2-1-3-5-20/h1-9,18-19,22H,10-15H2. The van der Waals surface area contributed by atoms with Gasteiger partial charge in [-0.3, -0.25) is 4.79 Å². The van der Waals surface area contributed by atoms with E-state index in [9.17, 15) is 4.79 Å². The van der Waals surface area contributed by atoms with Crippen LogP contribution in [0.25, 0.3) is 0 Å². The molecule has 3 nitrogen and oxygen atoms in total. The highest BCUT2D eigenvalue weighted by molar-refractivity contribution is 7.98. The molecule has 0 aliphatic carbocycles. The van der Waals surface area contributed by atoms with Gasteiger partial charge >= 0.3 is 0 Å². The van der Waals surface area contributed by atoms with Crippen molar-refractivity contribution in [2.75, 3.05) is 13.1 Å². The molecule has 1 N–H and O–H groups in total. The molecule has 4 heteroatoms. The third-order valence-corrected chi connectivity index (χ3v) is 6.32. The van der Waals surface area contributed by atoms with Crippen molar-refractivity contribution in [3.05, 3.63) is 65.7 Å². The smallest absolute Gasteiger partial charge is 0.254 e. The topological polar surface area (TPSA) is 32.3 Å². The van der Waals surface area contributed by atoms with E-state index < -0.39 is 0 Å². The molecule has 2 atom stereocenters. The summed E-state index contributed by atoms with van der Waals surface area (Å²) in [5, 5.41) is 3.46. The van der Waals surface area contributed by atoms with Crippen molar-refractivity contribution >= 4 is 17.7 Å². The molecule has 2 fully saturated rings. The molecule has 1 amide bonds. The maximum atomic E-state index is 13.0. The molecule has 2 bridgehead atoms. The first kappa shape index (κ1) is 16.7. The van der Waals surface area contributed by atoms with E-state index in [1.165, 1.54) is 10.5 Å². The highest BCUT2D eigenvalue weighted by Crippen LogP contribution is 2.30. The summed E-state index contributed by atoms with van der Waals surface area (Å²) in [5.74, 6) is 1.13. The van der Waals surface area contributed by atoms with E-state index in [4.69, 9.17) is 0 Å². The second-order valence-electron chi connectivity index (χ2n) is 6.89. The van der Waals surface area contributed by atoms with E-state index in [1.54, 1.807) is 0 Å². The van der Waals surface area contributed by atoms with Gasteiger partial charge in [0.15, 0.2) is 0 Å². The Labute approximate surface area is 153 Å². The summed E-state index contributed by atoms with van der Waals surface area (Å²) in [5.41, 5.74) is 2.08. The summed E-state index contributed by atoms with van der Waals surface area (Å²) in [6.45, 7) is 1.97. The van der Waals surface area contributed by atoms with E-state index in [-0.39, 0.29) is 5.91 Å². The normalized spacial score (nSPS) is 22.6. The highest BCUT2D eigenvalue weighted by atomic mass is 32.2. The molecule has 0 aromatic heterocycles. The third kappa shape index (κ3) is 3.75. The number of rotatable bonds is 4. The molecule has 130 valence electrons. The number of carbonyl (C=O) groups excluding carboxylic acids is 1. The van der Waals surface area contributed by atoms with Crippen molar-refractivity contribution in [2.24, 2.45) is 0 Å². The molecule has 2 aliphatic heterocycles. The lowest BCUT2D eigenvalue weighted by atomic mass is 10.1. The largest absolute Gasteiger partial charge is 0.331 e. The lowest BCUT2D eigenvalue weighted by Crippen LogP contribution is -2.42. The predicted octanol–water partition coefficient (Wildman–Crippen LogP) is 3.95. The first-order chi connectivity index (χ1) is 12.3. The van der Waals surface area contributed by atoms with Gasteiger partial charge in [0, 0.05) is 34.8 Å². The zero-order valence-corrected chi connectivity index (χ0v) is 15.2. The van der Waals surface area contributed by atoms with Gasteiger partial charge in [-0.25, -0.2) is 0 Å². The number of thioether (sulfide) groups is 1. The van der Waals surface area contributed by atoms with Crippen LogP contribution >= 0.6 is 11.8 Å². The Hall–Kier alpha value is -1.78. The van der Waals surface area contributed by atoms with Gasteiger partial charge in [-0.1, -0.05) is 30.3 Å². The summed E-state index contributed by atoms with van der Waals surface area (Å²) in [6, 6.07) is 19.4. The molecule has 4 rings (SSSR count). The zero-order valence-electron chi connectivity index (χ0n) is 14.4. The number of nitrogens with one attached hydrogen (secondary N) is 1. The molecule has 0 saturated carbocycles. The molecule has 2 unspecified atom stereocenters. The Morgan fingerprint density at radius 3 is 2.56 bits per heavy atom. The monoisotopic (exact) mass is 352 g/mol. The van der Waals surface area contributed by atoms with Gasteiger partial charge in [0.1, 0.15) is 0 Å². The van der Waals surface area contributed by atoms with Crippen molar-refractivity contribution < 1.29 is 4.79 Å². The summed E-state index contributed by atoms with van der Waals surface area (Å²) in [4.78, 5) is 16.4. The van der Waals surface area contributed by atoms with Crippen LogP contribution in [0.5, 0.6) is 0 Å².